The van der Waals surface area contributed by atoms with Gasteiger partial charge in [-0.15, -0.1) is 0 Å². The number of fused-ring (bicyclic) bond motifs is 1. The fourth-order valence-electron chi connectivity index (χ4n) is 3.70. The molecule has 12 heteroatoms. The number of hydrogen-bond acceptors (Lipinski definition) is 7. The highest BCUT2D eigenvalue weighted by atomic mass is 32.1. The van der Waals surface area contributed by atoms with Crippen LogP contribution in [0.15, 0.2) is 48.8 Å². The van der Waals surface area contributed by atoms with E-state index in [1.54, 1.807) is 0 Å². The smallest absolute Gasteiger partial charge is 0.414 e. The third-order valence-corrected chi connectivity index (χ3v) is 6.62. The van der Waals surface area contributed by atoms with E-state index in [4.69, 9.17) is 19.8 Å². The van der Waals surface area contributed by atoms with E-state index in [-0.39, 0.29) is 5.91 Å². The van der Waals surface area contributed by atoms with Gasteiger partial charge in [0.25, 0.3) is 5.91 Å². The fourth-order valence-corrected chi connectivity index (χ4v) is 4.70. The van der Waals surface area contributed by atoms with Gasteiger partial charge in [-0.25, -0.2) is 19.6 Å². The van der Waals surface area contributed by atoms with E-state index in [1.807, 2.05) is 65.2 Å². The first-order chi connectivity index (χ1) is 16.8. The fraction of sp³-hybridized carbons (Fsp3) is 0.261. The van der Waals surface area contributed by atoms with Crippen LogP contribution >= 0.6 is 11.3 Å². The van der Waals surface area contributed by atoms with Gasteiger partial charge >= 0.3 is 11.9 Å². The van der Waals surface area contributed by atoms with Gasteiger partial charge in [-0.2, -0.15) is 0 Å². The number of H-pyrrole nitrogens is 1. The van der Waals surface area contributed by atoms with Crippen LogP contribution in [0.5, 0.6) is 0 Å². The van der Waals surface area contributed by atoms with E-state index in [0.29, 0.717) is 0 Å². The Hall–Kier alpha value is -4.03. The zero-order valence-corrected chi connectivity index (χ0v) is 19.7. The van der Waals surface area contributed by atoms with Crippen LogP contribution in [0.3, 0.4) is 0 Å². The molecule has 3 aromatic heterocycles. The van der Waals surface area contributed by atoms with Crippen molar-refractivity contribution in [1.29, 1.82) is 0 Å². The summed E-state index contributed by atoms with van der Waals surface area (Å²) in [4.78, 5) is 48.9. The quantitative estimate of drug-likeness (QED) is 0.365. The number of thiazole rings is 1. The Bertz CT molecular complexity index is 1290. The SMILES string of the molecule is Cc1nc(-n2cccc2)sc1C(=O)N1CCN(Cc2nc3ccccc3[nH]2)CC1.O=C(O)C(=O)O. The van der Waals surface area contributed by atoms with Crippen LogP contribution in [0.25, 0.3) is 16.2 Å². The van der Waals surface area contributed by atoms with Crippen LogP contribution in [0, 0.1) is 6.92 Å². The minimum atomic E-state index is -1.82. The molecule has 4 aromatic rings. The van der Waals surface area contributed by atoms with Gasteiger partial charge in [0.2, 0.25) is 0 Å². The second-order valence-electron chi connectivity index (χ2n) is 7.88. The summed E-state index contributed by atoms with van der Waals surface area (Å²) >= 11 is 1.46. The number of hydrogen-bond donors (Lipinski definition) is 3. The first kappa shape index (κ1) is 24.1. The highest BCUT2D eigenvalue weighted by Crippen LogP contribution is 2.24. The molecule has 0 saturated carbocycles. The van der Waals surface area contributed by atoms with Crippen molar-refractivity contribution in [2.45, 2.75) is 13.5 Å². The third-order valence-electron chi connectivity index (χ3n) is 5.46. The lowest BCUT2D eigenvalue weighted by atomic mass is 10.2. The minimum absolute atomic E-state index is 0.0850. The Labute approximate surface area is 204 Å². The van der Waals surface area contributed by atoms with Crippen LogP contribution < -0.4 is 0 Å². The van der Waals surface area contributed by atoms with E-state index in [9.17, 15) is 4.79 Å². The molecule has 1 fully saturated rings. The number of imidazole rings is 1. The van der Waals surface area contributed by atoms with Crippen molar-refractivity contribution >= 4 is 40.2 Å². The second-order valence-corrected chi connectivity index (χ2v) is 8.86. The van der Waals surface area contributed by atoms with E-state index in [1.165, 1.54) is 11.3 Å². The van der Waals surface area contributed by atoms with E-state index >= 15 is 0 Å². The lowest BCUT2D eigenvalue weighted by Crippen LogP contribution is -2.48. The molecule has 4 heterocycles. The standard InChI is InChI=1S/C21H22N6OS.C2H2O4/c1-15-19(29-21(22-15)27-8-4-5-9-27)20(28)26-12-10-25(11-13-26)14-18-23-16-6-2-3-7-17(16)24-18;3-1(4)2(5)6/h2-9H,10-14H2,1H3,(H,23,24);(H,3,4)(H,5,6). The molecule has 0 unspecified atom stereocenters. The number of aromatic amines is 1. The number of carbonyl (C=O) groups excluding carboxylic acids is 1. The van der Waals surface area contributed by atoms with E-state index in [0.717, 1.165) is 65.3 Å². The number of benzene rings is 1. The number of amides is 1. The average molecular weight is 497 g/mol. The summed E-state index contributed by atoms with van der Waals surface area (Å²) in [5, 5.41) is 15.6. The second kappa shape index (κ2) is 10.5. The summed E-state index contributed by atoms with van der Waals surface area (Å²) in [7, 11) is 0. The summed E-state index contributed by atoms with van der Waals surface area (Å²) in [6, 6.07) is 12.0. The number of nitrogens with zero attached hydrogens (tertiary/aromatic N) is 5. The van der Waals surface area contributed by atoms with Crippen molar-refractivity contribution in [1.82, 2.24) is 29.3 Å². The molecule has 0 aliphatic carbocycles. The minimum Gasteiger partial charge on any atom is -0.473 e. The highest BCUT2D eigenvalue weighted by molar-refractivity contribution is 7.16. The Balaban J connectivity index is 0.000000431. The first-order valence-corrected chi connectivity index (χ1v) is 11.7. The normalized spacial score (nSPS) is 13.9. The van der Waals surface area contributed by atoms with Gasteiger partial charge < -0.3 is 24.7 Å². The molecule has 1 amide bonds. The molecular formula is C23H24N6O5S. The summed E-state index contributed by atoms with van der Waals surface area (Å²) in [6.45, 7) is 5.79. The molecule has 1 aromatic carbocycles. The maximum Gasteiger partial charge on any atom is 0.414 e. The molecule has 0 atom stereocenters. The highest BCUT2D eigenvalue weighted by Gasteiger charge is 2.26. The molecule has 0 spiro atoms. The van der Waals surface area contributed by atoms with Gasteiger partial charge in [-0.05, 0) is 31.2 Å². The lowest BCUT2D eigenvalue weighted by Gasteiger charge is -2.34. The molecule has 1 aliphatic rings. The topological polar surface area (TPSA) is 145 Å². The van der Waals surface area contributed by atoms with Gasteiger partial charge in [0, 0.05) is 38.6 Å². The number of piperazine rings is 1. The number of para-hydroxylation sites is 2. The van der Waals surface area contributed by atoms with Crippen molar-refractivity contribution in [2.24, 2.45) is 0 Å². The van der Waals surface area contributed by atoms with Gasteiger partial charge in [0.15, 0.2) is 5.13 Å². The molecule has 5 rings (SSSR count). The summed E-state index contributed by atoms with van der Waals surface area (Å²) in [5.74, 6) is -2.59. The number of aryl methyl sites for hydroxylation is 1. The summed E-state index contributed by atoms with van der Waals surface area (Å²) in [6.07, 6.45) is 3.90. The molecular weight excluding hydrogens is 472 g/mol. The maximum atomic E-state index is 13.0. The maximum absolute atomic E-state index is 13.0. The molecule has 182 valence electrons. The predicted octanol–water partition coefficient (Wildman–Crippen LogP) is 2.23. The van der Waals surface area contributed by atoms with Crippen LogP contribution in [0.1, 0.15) is 21.2 Å². The Morgan fingerprint density at radius 1 is 0.971 bits per heavy atom. The zero-order chi connectivity index (χ0) is 24.9. The molecule has 3 N–H and O–H groups in total. The Morgan fingerprint density at radius 2 is 1.63 bits per heavy atom. The number of nitrogens with one attached hydrogen (secondary N) is 1. The number of aliphatic carboxylic acids is 2. The van der Waals surface area contributed by atoms with Crippen molar-refractivity contribution in [3.8, 4) is 5.13 Å². The molecule has 0 bridgehead atoms. The lowest BCUT2D eigenvalue weighted by molar-refractivity contribution is -0.159. The Kier molecular flexibility index (Phi) is 7.22. The van der Waals surface area contributed by atoms with Crippen LogP contribution in [0.4, 0.5) is 0 Å². The Morgan fingerprint density at radius 3 is 2.26 bits per heavy atom. The van der Waals surface area contributed by atoms with Crippen molar-refractivity contribution in [3.63, 3.8) is 0 Å². The van der Waals surface area contributed by atoms with Crippen LogP contribution in [0.2, 0.25) is 0 Å². The van der Waals surface area contributed by atoms with Gasteiger partial charge in [-0.1, -0.05) is 23.5 Å². The first-order valence-electron chi connectivity index (χ1n) is 10.8. The van der Waals surface area contributed by atoms with Crippen LogP contribution in [-0.4, -0.2) is 83.6 Å². The molecule has 0 radical (unpaired) electrons. The molecule has 1 saturated heterocycles. The van der Waals surface area contributed by atoms with E-state index < -0.39 is 11.9 Å². The van der Waals surface area contributed by atoms with E-state index in [2.05, 4.69) is 19.9 Å². The van der Waals surface area contributed by atoms with Gasteiger partial charge in [-0.3, -0.25) is 9.69 Å². The van der Waals surface area contributed by atoms with Crippen LogP contribution in [-0.2, 0) is 16.1 Å². The summed E-state index contributed by atoms with van der Waals surface area (Å²) in [5.41, 5.74) is 2.86. The van der Waals surface area contributed by atoms with Crippen molar-refractivity contribution < 1.29 is 24.6 Å². The predicted molar refractivity (Wildman–Crippen MR) is 129 cm³/mol. The summed E-state index contributed by atoms with van der Waals surface area (Å²) < 4.78 is 1.94. The molecule has 11 nitrogen and oxygen atoms in total. The number of carboxylic acids is 2. The number of carbonyl (C=O) groups is 3. The number of carboxylic acid groups (broad SMARTS) is 2. The van der Waals surface area contributed by atoms with Gasteiger partial charge in [0.1, 0.15) is 10.7 Å². The third kappa shape index (κ3) is 5.73. The average Bonchev–Trinajstić information content (AvgIpc) is 3.59. The number of aromatic nitrogens is 4. The molecule has 1 aliphatic heterocycles. The zero-order valence-electron chi connectivity index (χ0n) is 18.9. The monoisotopic (exact) mass is 496 g/mol. The van der Waals surface area contributed by atoms with Crippen molar-refractivity contribution in [2.75, 3.05) is 26.2 Å². The largest absolute Gasteiger partial charge is 0.473 e. The van der Waals surface area contributed by atoms with Gasteiger partial charge in [0.05, 0.1) is 23.3 Å². The molecule has 35 heavy (non-hydrogen) atoms. The number of rotatable bonds is 4. The van der Waals surface area contributed by atoms with Crippen molar-refractivity contribution in [3.05, 3.63) is 65.2 Å².